The summed E-state index contributed by atoms with van der Waals surface area (Å²) in [6.07, 6.45) is 3.71. The second-order valence-electron chi connectivity index (χ2n) is 7.37. The van der Waals surface area contributed by atoms with E-state index in [4.69, 9.17) is 0 Å². The number of hydrogen-bond donors (Lipinski definition) is 2. The van der Waals surface area contributed by atoms with Gasteiger partial charge in [-0.15, -0.1) is 0 Å². The summed E-state index contributed by atoms with van der Waals surface area (Å²) in [6.45, 7) is 5.13. The molecule has 0 unspecified atom stereocenters. The van der Waals surface area contributed by atoms with Crippen LogP contribution in [0.1, 0.15) is 45.4 Å². The van der Waals surface area contributed by atoms with E-state index in [0.717, 1.165) is 49.1 Å². The van der Waals surface area contributed by atoms with Gasteiger partial charge in [-0.25, -0.2) is 18.1 Å². The van der Waals surface area contributed by atoms with E-state index >= 15 is 0 Å². The summed E-state index contributed by atoms with van der Waals surface area (Å²) >= 11 is 0. The van der Waals surface area contributed by atoms with Crippen molar-refractivity contribution in [2.24, 2.45) is 5.92 Å². The van der Waals surface area contributed by atoms with Crippen molar-refractivity contribution in [2.75, 3.05) is 5.75 Å². The first-order valence-electron chi connectivity index (χ1n) is 9.59. The minimum absolute atomic E-state index is 0.0525. The molecule has 2 N–H and O–H groups in total. The number of hydrogen-bond acceptors (Lipinski definition) is 4. The molecule has 0 aliphatic heterocycles. The van der Waals surface area contributed by atoms with Crippen molar-refractivity contribution in [2.45, 2.75) is 58.7 Å². The lowest BCUT2D eigenvalue weighted by atomic mass is 9.88. The van der Waals surface area contributed by atoms with Gasteiger partial charge in [0.25, 0.3) is 0 Å². The number of fused-ring (bicyclic) bond motifs is 1. The van der Waals surface area contributed by atoms with Gasteiger partial charge in [0.1, 0.15) is 11.6 Å². The first-order chi connectivity index (χ1) is 12.9. The van der Waals surface area contributed by atoms with Crippen LogP contribution in [0.25, 0.3) is 11.0 Å². The van der Waals surface area contributed by atoms with Crippen molar-refractivity contribution in [1.82, 2.24) is 19.6 Å². The summed E-state index contributed by atoms with van der Waals surface area (Å²) in [4.78, 5) is 16.7. The average molecular weight is 393 g/mol. The molecular formula is C19H28N4O3S. The number of rotatable bonds is 7. The maximum absolute atomic E-state index is 12.3. The predicted molar refractivity (Wildman–Crippen MR) is 106 cm³/mol. The van der Waals surface area contributed by atoms with Gasteiger partial charge in [0.2, 0.25) is 15.9 Å². The normalized spacial score (nSPS) is 20.7. The molecule has 0 radical (unpaired) electrons. The maximum atomic E-state index is 12.3. The van der Waals surface area contributed by atoms with Crippen LogP contribution in [-0.2, 0) is 27.9 Å². The number of benzene rings is 1. The third kappa shape index (κ3) is 5.07. The zero-order valence-electron chi connectivity index (χ0n) is 15.9. The van der Waals surface area contributed by atoms with Gasteiger partial charge in [0.15, 0.2) is 0 Å². The molecule has 1 aliphatic carbocycles. The Hall–Kier alpha value is -1.93. The maximum Gasteiger partial charge on any atom is 0.236 e. The van der Waals surface area contributed by atoms with Crippen LogP contribution in [-0.4, -0.2) is 35.7 Å². The number of imidazole rings is 1. The lowest BCUT2D eigenvalue weighted by molar-refractivity contribution is -0.118. The first-order valence-corrected chi connectivity index (χ1v) is 11.2. The van der Waals surface area contributed by atoms with Crippen LogP contribution in [0.15, 0.2) is 24.3 Å². The Morgan fingerprint density at radius 2 is 1.93 bits per heavy atom. The molecule has 0 saturated heterocycles. The number of nitrogens with zero attached hydrogens (tertiary/aromatic N) is 2. The molecule has 1 aromatic heterocycles. The van der Waals surface area contributed by atoms with Crippen molar-refractivity contribution in [1.29, 1.82) is 0 Å². The van der Waals surface area contributed by atoms with Crippen LogP contribution in [0.2, 0.25) is 0 Å². The van der Waals surface area contributed by atoms with E-state index in [1.165, 1.54) is 0 Å². The molecule has 1 aromatic carbocycles. The number of sulfonamides is 1. The molecule has 1 fully saturated rings. The van der Waals surface area contributed by atoms with Crippen LogP contribution >= 0.6 is 0 Å². The topological polar surface area (TPSA) is 93.1 Å². The van der Waals surface area contributed by atoms with E-state index in [9.17, 15) is 13.2 Å². The van der Waals surface area contributed by atoms with Crippen LogP contribution in [0.4, 0.5) is 0 Å². The minimum atomic E-state index is -3.63. The largest absolute Gasteiger partial charge is 0.348 e. The Morgan fingerprint density at radius 3 is 2.63 bits per heavy atom. The Kier molecular flexibility index (Phi) is 6.16. The smallest absolute Gasteiger partial charge is 0.236 e. The minimum Gasteiger partial charge on any atom is -0.348 e. The molecule has 0 bridgehead atoms. The van der Waals surface area contributed by atoms with E-state index < -0.39 is 21.7 Å². The zero-order valence-corrected chi connectivity index (χ0v) is 16.8. The fourth-order valence-corrected chi connectivity index (χ4v) is 4.96. The van der Waals surface area contributed by atoms with Crippen molar-refractivity contribution in [3.63, 3.8) is 0 Å². The standard InChI is InChI=1S/C19H28N4O3S/c1-3-23-17-7-5-4-6-16(17)21-18(23)12-20-19(24)13-27(25,26)22-15-10-8-14(2)9-11-15/h4-7,14-15,22H,3,8-13H2,1-2H3,(H,20,24). The third-order valence-corrected chi connectivity index (χ3v) is 6.51. The van der Waals surface area contributed by atoms with Crippen LogP contribution in [0, 0.1) is 5.92 Å². The van der Waals surface area contributed by atoms with Crippen molar-refractivity contribution < 1.29 is 13.2 Å². The molecule has 7 nitrogen and oxygen atoms in total. The van der Waals surface area contributed by atoms with Crippen molar-refractivity contribution in [3.05, 3.63) is 30.1 Å². The summed E-state index contributed by atoms with van der Waals surface area (Å²) in [5, 5.41) is 2.69. The van der Waals surface area contributed by atoms with E-state index in [2.05, 4.69) is 21.9 Å². The lowest BCUT2D eigenvalue weighted by Gasteiger charge is -2.26. The number of amides is 1. The summed E-state index contributed by atoms with van der Waals surface area (Å²) < 4.78 is 29.2. The first kappa shape index (κ1) is 19.8. The van der Waals surface area contributed by atoms with Gasteiger partial charge < -0.3 is 9.88 Å². The van der Waals surface area contributed by atoms with Crippen LogP contribution in [0.3, 0.4) is 0 Å². The highest BCUT2D eigenvalue weighted by Gasteiger charge is 2.24. The Balaban J connectivity index is 1.56. The molecule has 2 aromatic rings. The average Bonchev–Trinajstić information content (AvgIpc) is 2.99. The zero-order chi connectivity index (χ0) is 19.4. The SMILES string of the molecule is CCn1c(CNC(=O)CS(=O)(=O)NC2CCC(C)CC2)nc2ccccc21. The monoisotopic (exact) mass is 392 g/mol. The molecule has 3 rings (SSSR count). The summed E-state index contributed by atoms with van der Waals surface area (Å²) in [6, 6.07) is 7.72. The van der Waals surface area contributed by atoms with Gasteiger partial charge in [-0.2, -0.15) is 0 Å². The van der Waals surface area contributed by atoms with Crippen molar-refractivity contribution in [3.8, 4) is 0 Å². The molecule has 27 heavy (non-hydrogen) atoms. The van der Waals surface area contributed by atoms with E-state index in [1.807, 2.05) is 35.8 Å². The number of aryl methyl sites for hydroxylation is 1. The number of para-hydroxylation sites is 2. The second kappa shape index (κ2) is 8.39. The summed E-state index contributed by atoms with van der Waals surface area (Å²) in [5.41, 5.74) is 1.87. The molecular weight excluding hydrogens is 364 g/mol. The van der Waals surface area contributed by atoms with Gasteiger partial charge >= 0.3 is 0 Å². The molecule has 1 saturated carbocycles. The van der Waals surface area contributed by atoms with Crippen molar-refractivity contribution >= 4 is 27.0 Å². The predicted octanol–water partition coefficient (Wildman–Crippen LogP) is 2.17. The quantitative estimate of drug-likeness (QED) is 0.755. The molecule has 1 aliphatic rings. The number of nitrogens with one attached hydrogen (secondary N) is 2. The molecule has 1 amide bonds. The summed E-state index contributed by atoms with van der Waals surface area (Å²) in [7, 11) is -3.63. The fraction of sp³-hybridized carbons (Fsp3) is 0.579. The molecule has 0 spiro atoms. The van der Waals surface area contributed by atoms with Gasteiger partial charge in [0.05, 0.1) is 17.6 Å². The van der Waals surface area contributed by atoms with Gasteiger partial charge in [-0.05, 0) is 50.7 Å². The van der Waals surface area contributed by atoms with Crippen LogP contribution < -0.4 is 10.0 Å². The van der Waals surface area contributed by atoms with E-state index in [1.54, 1.807) is 0 Å². The second-order valence-corrected chi connectivity index (χ2v) is 9.13. The molecule has 8 heteroatoms. The van der Waals surface area contributed by atoms with E-state index in [-0.39, 0.29) is 12.6 Å². The lowest BCUT2D eigenvalue weighted by Crippen LogP contribution is -2.42. The Morgan fingerprint density at radius 1 is 1.22 bits per heavy atom. The Labute approximate surface area is 160 Å². The van der Waals surface area contributed by atoms with Gasteiger partial charge in [-0.3, -0.25) is 4.79 Å². The number of carbonyl (C=O) groups excluding carboxylic acids is 1. The molecule has 148 valence electrons. The summed E-state index contributed by atoms with van der Waals surface area (Å²) in [5.74, 6) is 0.303. The highest BCUT2D eigenvalue weighted by atomic mass is 32.2. The third-order valence-electron chi connectivity index (χ3n) is 5.18. The van der Waals surface area contributed by atoms with Gasteiger partial charge in [-0.1, -0.05) is 19.1 Å². The number of aromatic nitrogens is 2. The number of carbonyl (C=O) groups is 1. The van der Waals surface area contributed by atoms with Gasteiger partial charge in [0, 0.05) is 12.6 Å². The Bertz CT molecular complexity index is 899. The fourth-order valence-electron chi connectivity index (χ4n) is 3.69. The molecule has 1 heterocycles. The molecule has 0 atom stereocenters. The highest BCUT2D eigenvalue weighted by Crippen LogP contribution is 2.23. The van der Waals surface area contributed by atoms with E-state index in [0.29, 0.717) is 5.92 Å². The van der Waals surface area contributed by atoms with Crippen LogP contribution in [0.5, 0.6) is 0 Å². The highest BCUT2D eigenvalue weighted by molar-refractivity contribution is 7.90.